The van der Waals surface area contributed by atoms with Crippen molar-refractivity contribution in [2.45, 2.75) is 18.9 Å². The summed E-state index contributed by atoms with van der Waals surface area (Å²) in [5, 5.41) is 8.85. The fraction of sp³-hybridized carbons (Fsp3) is 0.417. The lowest BCUT2D eigenvalue weighted by atomic mass is 9.89. The molecule has 0 aliphatic carbocycles. The van der Waals surface area contributed by atoms with Gasteiger partial charge in [-0.25, -0.2) is 0 Å². The summed E-state index contributed by atoms with van der Waals surface area (Å²) in [5.74, 6) is 0.208. The molecule has 0 aromatic heterocycles. The van der Waals surface area contributed by atoms with Crippen LogP contribution in [-0.2, 0) is 10.3 Å². The molecule has 5 heteroatoms. The smallest absolute Gasteiger partial charge is 0.305 e. The van der Waals surface area contributed by atoms with Crippen molar-refractivity contribution in [3.8, 4) is 11.5 Å². The van der Waals surface area contributed by atoms with Crippen molar-refractivity contribution >= 4 is 5.97 Å². The van der Waals surface area contributed by atoms with E-state index in [2.05, 4.69) is 0 Å². The Morgan fingerprint density at radius 1 is 1.41 bits per heavy atom. The molecule has 0 saturated heterocycles. The van der Waals surface area contributed by atoms with Crippen molar-refractivity contribution < 1.29 is 19.4 Å². The summed E-state index contributed by atoms with van der Waals surface area (Å²) in [4.78, 5) is 10.8. The lowest BCUT2D eigenvalue weighted by Gasteiger charge is -2.25. The minimum atomic E-state index is -1.01. The number of hydrogen-bond acceptors (Lipinski definition) is 4. The minimum absolute atomic E-state index is 0.184. The van der Waals surface area contributed by atoms with E-state index in [0.717, 1.165) is 0 Å². The van der Waals surface area contributed by atoms with Crippen molar-refractivity contribution in [2.24, 2.45) is 5.73 Å². The van der Waals surface area contributed by atoms with Gasteiger partial charge in [-0.05, 0) is 25.1 Å². The first-order valence-electron chi connectivity index (χ1n) is 5.14. The Labute approximate surface area is 100 Å². The van der Waals surface area contributed by atoms with Crippen molar-refractivity contribution in [1.82, 2.24) is 0 Å². The highest BCUT2D eigenvalue weighted by atomic mass is 16.5. The van der Waals surface area contributed by atoms with Crippen LogP contribution < -0.4 is 15.2 Å². The van der Waals surface area contributed by atoms with Crippen molar-refractivity contribution in [1.29, 1.82) is 0 Å². The van der Waals surface area contributed by atoms with E-state index in [1.165, 1.54) is 14.2 Å². The molecular weight excluding hydrogens is 222 g/mol. The molecule has 1 aromatic rings. The molecule has 0 spiro atoms. The SMILES string of the molecule is COc1ccc(OC)c(C(C)(N)CC(=O)O)c1. The fourth-order valence-electron chi connectivity index (χ4n) is 1.67. The molecule has 1 unspecified atom stereocenters. The average Bonchev–Trinajstić information content (AvgIpc) is 2.26. The number of rotatable bonds is 5. The first-order chi connectivity index (χ1) is 7.90. The number of ether oxygens (including phenoxy) is 2. The van der Waals surface area contributed by atoms with Crippen molar-refractivity contribution in [2.75, 3.05) is 14.2 Å². The lowest BCUT2D eigenvalue weighted by molar-refractivity contribution is -0.138. The van der Waals surface area contributed by atoms with E-state index in [1.54, 1.807) is 25.1 Å². The van der Waals surface area contributed by atoms with Gasteiger partial charge in [0.25, 0.3) is 0 Å². The molecule has 94 valence electrons. The molecule has 0 fully saturated rings. The molecule has 0 amide bonds. The maximum absolute atomic E-state index is 10.8. The van der Waals surface area contributed by atoms with Gasteiger partial charge in [-0.15, -0.1) is 0 Å². The van der Waals surface area contributed by atoms with E-state index in [-0.39, 0.29) is 6.42 Å². The molecule has 5 nitrogen and oxygen atoms in total. The standard InChI is InChI=1S/C12H17NO4/c1-12(13,7-11(14)15)9-6-8(16-2)4-5-10(9)17-3/h4-6H,7,13H2,1-3H3,(H,14,15). The Kier molecular flexibility index (Phi) is 3.96. The number of carboxylic acids is 1. The van der Waals surface area contributed by atoms with Gasteiger partial charge >= 0.3 is 5.97 Å². The predicted molar refractivity (Wildman–Crippen MR) is 63.3 cm³/mol. The summed E-state index contributed by atoms with van der Waals surface area (Å²) < 4.78 is 10.3. The molecule has 1 atom stereocenters. The third-order valence-corrected chi connectivity index (χ3v) is 2.54. The van der Waals surface area contributed by atoms with Gasteiger partial charge in [0.1, 0.15) is 11.5 Å². The molecule has 17 heavy (non-hydrogen) atoms. The summed E-state index contributed by atoms with van der Waals surface area (Å²) >= 11 is 0. The van der Waals surface area contributed by atoms with Crippen LogP contribution in [0.15, 0.2) is 18.2 Å². The molecular formula is C12H17NO4. The summed E-state index contributed by atoms with van der Waals surface area (Å²) in [6, 6.07) is 5.14. The van der Waals surface area contributed by atoms with Crippen LogP contribution in [0.1, 0.15) is 18.9 Å². The van der Waals surface area contributed by atoms with Crippen molar-refractivity contribution in [3.05, 3.63) is 23.8 Å². The normalized spacial score (nSPS) is 13.9. The highest BCUT2D eigenvalue weighted by molar-refractivity contribution is 5.69. The number of aliphatic carboxylic acids is 1. The molecule has 0 heterocycles. The quantitative estimate of drug-likeness (QED) is 0.810. The Morgan fingerprint density at radius 2 is 2.06 bits per heavy atom. The second-order valence-electron chi connectivity index (χ2n) is 4.05. The Balaban J connectivity index is 3.21. The first kappa shape index (κ1) is 13.3. The molecule has 0 aliphatic heterocycles. The van der Waals surface area contributed by atoms with Crippen LogP contribution in [0.5, 0.6) is 11.5 Å². The van der Waals surface area contributed by atoms with E-state index in [4.69, 9.17) is 20.3 Å². The maximum Gasteiger partial charge on any atom is 0.305 e. The van der Waals surface area contributed by atoms with E-state index >= 15 is 0 Å². The summed E-state index contributed by atoms with van der Waals surface area (Å²) in [7, 11) is 3.05. The molecule has 0 bridgehead atoms. The van der Waals surface area contributed by atoms with E-state index in [1.807, 2.05) is 0 Å². The Hall–Kier alpha value is -1.75. The number of carboxylic acid groups (broad SMARTS) is 1. The van der Waals surface area contributed by atoms with Crippen LogP contribution in [-0.4, -0.2) is 25.3 Å². The Bertz CT molecular complexity index is 415. The number of benzene rings is 1. The monoisotopic (exact) mass is 239 g/mol. The van der Waals surface area contributed by atoms with Crippen LogP contribution >= 0.6 is 0 Å². The van der Waals surface area contributed by atoms with Crippen LogP contribution in [0.3, 0.4) is 0 Å². The molecule has 1 rings (SSSR count). The number of methoxy groups -OCH3 is 2. The second kappa shape index (κ2) is 5.05. The number of carbonyl (C=O) groups is 1. The number of hydrogen-bond donors (Lipinski definition) is 2. The van der Waals surface area contributed by atoms with Crippen LogP contribution in [0.4, 0.5) is 0 Å². The van der Waals surface area contributed by atoms with Gasteiger partial charge in [0.05, 0.1) is 26.2 Å². The zero-order valence-electron chi connectivity index (χ0n) is 10.2. The van der Waals surface area contributed by atoms with Gasteiger partial charge in [-0.3, -0.25) is 4.79 Å². The van der Waals surface area contributed by atoms with Crippen LogP contribution in [0.2, 0.25) is 0 Å². The molecule has 0 aliphatic rings. The maximum atomic E-state index is 10.8. The highest BCUT2D eigenvalue weighted by Gasteiger charge is 2.28. The molecule has 1 aromatic carbocycles. The zero-order valence-corrected chi connectivity index (χ0v) is 10.2. The van der Waals surface area contributed by atoms with Crippen LogP contribution in [0.25, 0.3) is 0 Å². The highest BCUT2D eigenvalue weighted by Crippen LogP contribution is 2.33. The van der Waals surface area contributed by atoms with Gasteiger partial charge in [0.2, 0.25) is 0 Å². The Morgan fingerprint density at radius 3 is 2.53 bits per heavy atom. The van der Waals surface area contributed by atoms with E-state index in [0.29, 0.717) is 17.1 Å². The number of nitrogens with two attached hydrogens (primary N) is 1. The molecule has 3 N–H and O–H groups in total. The van der Waals surface area contributed by atoms with Gasteiger partial charge in [0.15, 0.2) is 0 Å². The summed E-state index contributed by atoms with van der Waals surface area (Å²) in [5.41, 5.74) is 5.63. The molecule has 0 saturated carbocycles. The third-order valence-electron chi connectivity index (χ3n) is 2.54. The minimum Gasteiger partial charge on any atom is -0.497 e. The third kappa shape index (κ3) is 3.10. The predicted octanol–water partition coefficient (Wildman–Crippen LogP) is 1.35. The largest absolute Gasteiger partial charge is 0.497 e. The lowest BCUT2D eigenvalue weighted by Crippen LogP contribution is -2.36. The van der Waals surface area contributed by atoms with Gasteiger partial charge in [-0.1, -0.05) is 0 Å². The second-order valence-corrected chi connectivity index (χ2v) is 4.05. The van der Waals surface area contributed by atoms with E-state index < -0.39 is 11.5 Å². The van der Waals surface area contributed by atoms with Crippen LogP contribution in [0, 0.1) is 0 Å². The average molecular weight is 239 g/mol. The van der Waals surface area contributed by atoms with Gasteiger partial charge in [0, 0.05) is 5.56 Å². The summed E-state index contributed by atoms with van der Waals surface area (Å²) in [6.45, 7) is 1.65. The summed E-state index contributed by atoms with van der Waals surface area (Å²) in [6.07, 6.45) is -0.184. The molecule has 0 radical (unpaired) electrons. The first-order valence-corrected chi connectivity index (χ1v) is 5.14. The van der Waals surface area contributed by atoms with E-state index in [9.17, 15) is 4.79 Å². The zero-order chi connectivity index (χ0) is 13.1. The topological polar surface area (TPSA) is 81.8 Å². The van der Waals surface area contributed by atoms with Gasteiger partial charge in [-0.2, -0.15) is 0 Å². The fourth-order valence-corrected chi connectivity index (χ4v) is 1.67. The van der Waals surface area contributed by atoms with Gasteiger partial charge < -0.3 is 20.3 Å². The van der Waals surface area contributed by atoms with Crippen molar-refractivity contribution in [3.63, 3.8) is 0 Å².